The first kappa shape index (κ1) is 20.7. The lowest BCUT2D eigenvalue weighted by Crippen LogP contribution is -2.51. The first-order valence-corrected chi connectivity index (χ1v) is 11.3. The van der Waals surface area contributed by atoms with E-state index in [-0.39, 0.29) is 18.2 Å². The number of carbonyl (C=O) groups is 1. The minimum absolute atomic E-state index is 0.152. The summed E-state index contributed by atoms with van der Waals surface area (Å²) in [5, 5.41) is 4.04. The van der Waals surface area contributed by atoms with Crippen LogP contribution in [0.25, 0.3) is 0 Å². The number of rotatable bonds is 7. The normalized spacial score (nSPS) is 22.7. The number of amides is 1. The first-order chi connectivity index (χ1) is 13.4. The summed E-state index contributed by atoms with van der Waals surface area (Å²) < 4.78 is 26.6. The maximum absolute atomic E-state index is 12.8. The lowest BCUT2D eigenvalue weighted by atomic mass is 9.89. The number of oxime groups is 1. The van der Waals surface area contributed by atoms with E-state index in [9.17, 15) is 13.2 Å². The highest BCUT2D eigenvalue weighted by Crippen LogP contribution is 2.35. The average molecular weight is 409 g/mol. The SMILES string of the molecule is CCCCS(=O)(=O)N1CCC[C@@]2(CC(C(=O)N(C)Cc3ccccn3)=NO2)C1. The highest BCUT2D eigenvalue weighted by Gasteiger charge is 2.47. The van der Waals surface area contributed by atoms with Crippen LogP contribution in [0.2, 0.25) is 0 Å². The molecule has 9 heteroatoms. The summed E-state index contributed by atoms with van der Waals surface area (Å²) in [6.07, 6.45) is 4.89. The van der Waals surface area contributed by atoms with Crippen molar-refractivity contribution in [2.24, 2.45) is 5.16 Å². The zero-order valence-electron chi connectivity index (χ0n) is 16.5. The van der Waals surface area contributed by atoms with E-state index in [1.165, 1.54) is 4.31 Å². The van der Waals surface area contributed by atoms with Crippen molar-refractivity contribution >= 4 is 21.6 Å². The van der Waals surface area contributed by atoms with Gasteiger partial charge in [-0.1, -0.05) is 24.6 Å². The van der Waals surface area contributed by atoms with Crippen LogP contribution in [0.4, 0.5) is 0 Å². The summed E-state index contributed by atoms with van der Waals surface area (Å²) in [4.78, 5) is 24.2. The molecule has 1 aromatic heterocycles. The second-order valence-electron chi connectivity index (χ2n) is 7.58. The fraction of sp³-hybridized carbons (Fsp3) is 0.632. The van der Waals surface area contributed by atoms with E-state index in [0.29, 0.717) is 44.5 Å². The molecule has 28 heavy (non-hydrogen) atoms. The van der Waals surface area contributed by atoms with Crippen LogP contribution in [0.1, 0.15) is 44.7 Å². The van der Waals surface area contributed by atoms with Crippen molar-refractivity contribution < 1.29 is 18.0 Å². The number of unbranched alkanes of at least 4 members (excludes halogenated alkanes) is 1. The third-order valence-corrected chi connectivity index (χ3v) is 7.11. The number of hydrogen-bond acceptors (Lipinski definition) is 6. The van der Waals surface area contributed by atoms with Gasteiger partial charge in [0.05, 0.1) is 24.5 Å². The topological polar surface area (TPSA) is 92.2 Å². The Hall–Kier alpha value is -2.00. The molecule has 1 atom stereocenters. The number of piperidine rings is 1. The number of carbonyl (C=O) groups excluding carboxylic acids is 1. The highest BCUT2D eigenvalue weighted by molar-refractivity contribution is 7.89. The first-order valence-electron chi connectivity index (χ1n) is 9.73. The molecule has 0 aromatic carbocycles. The lowest BCUT2D eigenvalue weighted by Gasteiger charge is -2.37. The minimum atomic E-state index is -3.30. The predicted molar refractivity (Wildman–Crippen MR) is 106 cm³/mol. The van der Waals surface area contributed by atoms with Crippen molar-refractivity contribution in [1.82, 2.24) is 14.2 Å². The summed E-state index contributed by atoms with van der Waals surface area (Å²) in [7, 11) is -1.60. The maximum Gasteiger partial charge on any atom is 0.271 e. The van der Waals surface area contributed by atoms with Gasteiger partial charge in [-0.2, -0.15) is 4.31 Å². The third-order valence-electron chi connectivity index (χ3n) is 5.21. The molecular weight excluding hydrogens is 380 g/mol. The van der Waals surface area contributed by atoms with E-state index < -0.39 is 15.6 Å². The smallest absolute Gasteiger partial charge is 0.271 e. The van der Waals surface area contributed by atoms with Crippen LogP contribution in [0.3, 0.4) is 0 Å². The molecule has 1 fully saturated rings. The standard InChI is InChI=1S/C19H28N4O4S/c1-3-4-12-28(25,26)23-11-7-9-19(15-23)13-17(21-27-19)18(24)22(2)14-16-8-5-6-10-20-16/h5-6,8,10H,3-4,7,9,11-15H2,1-2H3/t19-/m1/s1. The second-order valence-corrected chi connectivity index (χ2v) is 9.67. The number of sulfonamides is 1. The Balaban J connectivity index is 1.62. The van der Waals surface area contributed by atoms with Crippen molar-refractivity contribution in [3.63, 3.8) is 0 Å². The molecule has 1 aromatic rings. The van der Waals surface area contributed by atoms with Crippen LogP contribution in [0.15, 0.2) is 29.6 Å². The van der Waals surface area contributed by atoms with E-state index in [1.807, 2.05) is 25.1 Å². The number of pyridine rings is 1. The van der Waals surface area contributed by atoms with Gasteiger partial charge < -0.3 is 9.74 Å². The Labute approximate surface area is 166 Å². The van der Waals surface area contributed by atoms with Gasteiger partial charge in [0.15, 0.2) is 5.60 Å². The van der Waals surface area contributed by atoms with Gasteiger partial charge in [0.25, 0.3) is 5.91 Å². The van der Waals surface area contributed by atoms with Crippen LogP contribution in [-0.4, -0.2) is 65.7 Å². The molecule has 1 spiro atoms. The fourth-order valence-electron chi connectivity index (χ4n) is 3.63. The van der Waals surface area contributed by atoms with Crippen LogP contribution < -0.4 is 0 Å². The monoisotopic (exact) mass is 408 g/mol. The number of aromatic nitrogens is 1. The minimum Gasteiger partial charge on any atom is -0.387 e. The van der Waals surface area contributed by atoms with E-state index in [2.05, 4.69) is 10.1 Å². The molecule has 3 heterocycles. The highest BCUT2D eigenvalue weighted by atomic mass is 32.2. The molecule has 2 aliphatic rings. The molecule has 1 saturated heterocycles. The fourth-order valence-corrected chi connectivity index (χ4v) is 5.38. The van der Waals surface area contributed by atoms with E-state index in [4.69, 9.17) is 4.84 Å². The Morgan fingerprint density at radius 1 is 1.39 bits per heavy atom. The van der Waals surface area contributed by atoms with Crippen molar-refractivity contribution in [1.29, 1.82) is 0 Å². The van der Waals surface area contributed by atoms with Gasteiger partial charge in [-0.25, -0.2) is 8.42 Å². The Morgan fingerprint density at radius 3 is 2.93 bits per heavy atom. The Morgan fingerprint density at radius 2 is 2.21 bits per heavy atom. The molecule has 3 rings (SSSR count). The van der Waals surface area contributed by atoms with Gasteiger partial charge in [0, 0.05) is 26.2 Å². The molecule has 8 nitrogen and oxygen atoms in total. The van der Waals surface area contributed by atoms with Crippen LogP contribution in [-0.2, 0) is 26.2 Å². The number of nitrogens with zero attached hydrogens (tertiary/aromatic N) is 4. The second kappa shape index (κ2) is 8.57. The predicted octanol–water partition coefficient (Wildman–Crippen LogP) is 1.78. The van der Waals surface area contributed by atoms with E-state index in [1.54, 1.807) is 18.1 Å². The molecule has 0 aliphatic carbocycles. The number of hydrogen-bond donors (Lipinski definition) is 0. The lowest BCUT2D eigenvalue weighted by molar-refractivity contribution is -0.123. The van der Waals surface area contributed by atoms with Crippen molar-refractivity contribution in [2.45, 2.75) is 51.2 Å². The Kier molecular flexibility index (Phi) is 6.34. The molecule has 2 aliphatic heterocycles. The summed E-state index contributed by atoms with van der Waals surface area (Å²) >= 11 is 0. The Bertz CT molecular complexity index is 828. The van der Waals surface area contributed by atoms with Gasteiger partial charge in [-0.15, -0.1) is 0 Å². The van der Waals surface area contributed by atoms with Crippen molar-refractivity contribution in [3.8, 4) is 0 Å². The molecular formula is C19H28N4O4S. The molecule has 0 unspecified atom stereocenters. The average Bonchev–Trinajstić information content (AvgIpc) is 3.09. The molecule has 1 amide bonds. The summed E-state index contributed by atoms with van der Waals surface area (Å²) in [6, 6.07) is 5.56. The van der Waals surface area contributed by atoms with Crippen LogP contribution >= 0.6 is 0 Å². The van der Waals surface area contributed by atoms with Crippen molar-refractivity contribution in [3.05, 3.63) is 30.1 Å². The molecule has 154 valence electrons. The zero-order valence-corrected chi connectivity index (χ0v) is 17.3. The summed E-state index contributed by atoms with van der Waals surface area (Å²) in [5.41, 5.74) is 0.402. The third kappa shape index (κ3) is 4.70. The summed E-state index contributed by atoms with van der Waals surface area (Å²) in [6.45, 7) is 3.10. The molecule has 0 radical (unpaired) electrons. The molecule has 0 bridgehead atoms. The molecule has 0 saturated carbocycles. The van der Waals surface area contributed by atoms with E-state index >= 15 is 0 Å². The zero-order chi connectivity index (χ0) is 20.2. The van der Waals surface area contributed by atoms with Gasteiger partial charge >= 0.3 is 0 Å². The molecule has 0 N–H and O–H groups in total. The van der Waals surface area contributed by atoms with Gasteiger partial charge in [0.1, 0.15) is 5.71 Å². The summed E-state index contributed by atoms with van der Waals surface area (Å²) in [5.74, 6) is -0.0625. The van der Waals surface area contributed by atoms with E-state index in [0.717, 1.165) is 12.1 Å². The maximum atomic E-state index is 12.8. The van der Waals surface area contributed by atoms with Crippen LogP contribution in [0, 0.1) is 0 Å². The van der Waals surface area contributed by atoms with Gasteiger partial charge in [-0.05, 0) is 31.4 Å². The largest absolute Gasteiger partial charge is 0.387 e. The van der Waals surface area contributed by atoms with Crippen molar-refractivity contribution in [2.75, 3.05) is 25.9 Å². The van der Waals surface area contributed by atoms with Gasteiger partial charge in [-0.3, -0.25) is 9.78 Å². The quantitative estimate of drug-likeness (QED) is 0.686. The van der Waals surface area contributed by atoms with Gasteiger partial charge in [0.2, 0.25) is 10.0 Å². The van der Waals surface area contributed by atoms with Crippen LogP contribution in [0.5, 0.6) is 0 Å².